The SMILES string of the molecule is CCOS(=O)(=O)[O-].CC[N+]1(C(c2ccccc2)c2ccc(OC)cc2)CC(OS(C)(=O)=O)C1. The third kappa shape index (κ3) is 8.05. The van der Waals surface area contributed by atoms with Crippen LogP contribution in [0.4, 0.5) is 0 Å². The van der Waals surface area contributed by atoms with Gasteiger partial charge in [0.05, 0.1) is 26.5 Å². The molecule has 2 aromatic rings. The first-order valence-electron chi connectivity index (χ1n) is 10.5. The summed E-state index contributed by atoms with van der Waals surface area (Å²) < 4.78 is 66.2. The third-order valence-electron chi connectivity index (χ3n) is 5.43. The highest BCUT2D eigenvalue weighted by molar-refractivity contribution is 7.86. The van der Waals surface area contributed by atoms with Crippen LogP contribution in [0.15, 0.2) is 54.6 Å². The number of rotatable bonds is 9. The second kappa shape index (κ2) is 11.4. The smallest absolute Gasteiger partial charge is 0.265 e. The first kappa shape index (κ1) is 27.2. The highest BCUT2D eigenvalue weighted by atomic mass is 32.3. The summed E-state index contributed by atoms with van der Waals surface area (Å²) in [6.45, 7) is 5.73. The molecule has 0 bridgehead atoms. The number of hydrogen-bond acceptors (Lipinski definition) is 8. The molecule has 184 valence electrons. The number of nitrogens with zero attached hydrogens (tertiary/aromatic N) is 1. The monoisotopic (exact) mass is 501 g/mol. The van der Waals surface area contributed by atoms with Gasteiger partial charge in [-0.2, -0.15) is 8.42 Å². The van der Waals surface area contributed by atoms with E-state index in [2.05, 4.69) is 35.4 Å². The molecule has 1 heterocycles. The van der Waals surface area contributed by atoms with Gasteiger partial charge in [0.2, 0.25) is 10.4 Å². The van der Waals surface area contributed by atoms with E-state index in [1.807, 2.05) is 30.3 Å². The predicted octanol–water partition coefficient (Wildman–Crippen LogP) is 2.46. The van der Waals surface area contributed by atoms with Gasteiger partial charge in [-0.25, -0.2) is 8.42 Å². The number of benzene rings is 2. The summed E-state index contributed by atoms with van der Waals surface area (Å²) in [4.78, 5) is 0. The molecule has 0 amide bonds. The molecule has 0 aliphatic carbocycles. The number of hydrogen-bond donors (Lipinski definition) is 0. The lowest BCUT2D eigenvalue weighted by molar-refractivity contribution is -0.991. The summed E-state index contributed by atoms with van der Waals surface area (Å²) in [7, 11) is -6.20. The molecule has 1 aliphatic rings. The van der Waals surface area contributed by atoms with Crippen molar-refractivity contribution in [1.29, 1.82) is 0 Å². The molecule has 1 fully saturated rings. The highest BCUT2D eigenvalue weighted by Gasteiger charge is 2.51. The Labute approximate surface area is 196 Å². The van der Waals surface area contributed by atoms with Crippen LogP contribution in [0.1, 0.15) is 31.0 Å². The first-order valence-corrected chi connectivity index (χ1v) is 13.6. The van der Waals surface area contributed by atoms with E-state index in [0.717, 1.165) is 23.0 Å². The van der Waals surface area contributed by atoms with E-state index < -0.39 is 20.5 Å². The molecule has 1 saturated heterocycles. The molecule has 0 N–H and O–H groups in total. The molecule has 33 heavy (non-hydrogen) atoms. The Morgan fingerprint density at radius 3 is 1.91 bits per heavy atom. The molecule has 0 aromatic heterocycles. The van der Waals surface area contributed by atoms with Gasteiger partial charge in [-0.05, 0) is 38.1 Å². The van der Waals surface area contributed by atoms with Crippen molar-refractivity contribution in [2.45, 2.75) is 26.0 Å². The van der Waals surface area contributed by atoms with E-state index in [4.69, 9.17) is 8.92 Å². The average molecular weight is 502 g/mol. The summed E-state index contributed by atoms with van der Waals surface area (Å²) in [6, 6.07) is 18.6. The van der Waals surface area contributed by atoms with Gasteiger partial charge in [-0.15, -0.1) is 0 Å². The molecule has 0 radical (unpaired) electrons. The third-order valence-corrected chi connectivity index (χ3v) is 6.58. The lowest BCUT2D eigenvalue weighted by Crippen LogP contribution is -2.68. The quantitative estimate of drug-likeness (QED) is 0.222. The lowest BCUT2D eigenvalue weighted by Gasteiger charge is -2.53. The van der Waals surface area contributed by atoms with E-state index in [9.17, 15) is 21.4 Å². The van der Waals surface area contributed by atoms with Crippen molar-refractivity contribution < 1.29 is 39.0 Å². The second-order valence-electron chi connectivity index (χ2n) is 7.72. The van der Waals surface area contributed by atoms with Gasteiger partial charge in [0.15, 0.2) is 6.10 Å². The second-order valence-corrected chi connectivity index (χ2v) is 10.4. The van der Waals surface area contributed by atoms with Crippen molar-refractivity contribution in [3.63, 3.8) is 0 Å². The van der Waals surface area contributed by atoms with E-state index in [0.29, 0.717) is 13.1 Å². The van der Waals surface area contributed by atoms with Crippen molar-refractivity contribution in [2.75, 3.05) is 39.6 Å². The van der Waals surface area contributed by atoms with Crippen molar-refractivity contribution in [1.82, 2.24) is 0 Å². The Balaban J connectivity index is 0.000000479. The van der Waals surface area contributed by atoms with Crippen molar-refractivity contribution >= 4 is 20.5 Å². The van der Waals surface area contributed by atoms with Gasteiger partial charge < -0.3 is 13.8 Å². The standard InChI is InChI=1S/C20H26NO4S.C2H6O4S/c1-4-21(14-19(15-21)25-26(3,22)23)20(16-8-6-5-7-9-16)17-10-12-18(24-2)13-11-17;1-2-6-7(3,4)5/h5-13,19-20H,4,14-15H2,1-3H3;2H2,1H3,(H,3,4,5)/q+1;/p-1. The van der Waals surface area contributed by atoms with Crippen LogP contribution >= 0.6 is 0 Å². The Morgan fingerprint density at radius 2 is 1.52 bits per heavy atom. The zero-order chi connectivity index (χ0) is 24.7. The molecular formula is C22H31NO8S2. The summed E-state index contributed by atoms with van der Waals surface area (Å²) in [5.74, 6) is 0.825. The average Bonchev–Trinajstić information content (AvgIpc) is 2.72. The maximum atomic E-state index is 11.5. The number of quaternary nitrogens is 1. The van der Waals surface area contributed by atoms with Crippen molar-refractivity contribution in [2.24, 2.45) is 0 Å². The number of methoxy groups -OCH3 is 1. The van der Waals surface area contributed by atoms with Crippen LogP contribution in [-0.4, -0.2) is 71.6 Å². The van der Waals surface area contributed by atoms with Gasteiger partial charge >= 0.3 is 0 Å². The first-order chi connectivity index (χ1) is 15.4. The Kier molecular flexibility index (Phi) is 9.41. The van der Waals surface area contributed by atoms with Crippen LogP contribution in [-0.2, 0) is 28.9 Å². The summed E-state index contributed by atoms with van der Waals surface area (Å²) >= 11 is 0. The van der Waals surface area contributed by atoms with Crippen LogP contribution in [0.2, 0.25) is 0 Å². The van der Waals surface area contributed by atoms with Crippen LogP contribution in [0.5, 0.6) is 5.75 Å². The van der Waals surface area contributed by atoms with E-state index in [-0.39, 0.29) is 18.8 Å². The zero-order valence-corrected chi connectivity index (χ0v) is 20.8. The Hall–Kier alpha value is -2.02. The molecular weight excluding hydrogens is 470 g/mol. The summed E-state index contributed by atoms with van der Waals surface area (Å²) in [5.41, 5.74) is 2.41. The molecule has 0 spiro atoms. The van der Waals surface area contributed by atoms with Gasteiger partial charge in [0.1, 0.15) is 24.9 Å². The molecule has 1 aliphatic heterocycles. The fourth-order valence-corrected chi connectivity index (χ4v) is 5.01. The molecule has 11 heteroatoms. The molecule has 0 saturated carbocycles. The van der Waals surface area contributed by atoms with Crippen LogP contribution in [0.25, 0.3) is 0 Å². The number of ether oxygens (including phenoxy) is 1. The predicted molar refractivity (Wildman–Crippen MR) is 123 cm³/mol. The van der Waals surface area contributed by atoms with E-state index in [1.165, 1.54) is 18.1 Å². The van der Waals surface area contributed by atoms with E-state index >= 15 is 0 Å². The van der Waals surface area contributed by atoms with Crippen molar-refractivity contribution in [3.8, 4) is 5.75 Å². The normalized spacial score (nSPS) is 21.3. The van der Waals surface area contributed by atoms with Crippen molar-refractivity contribution in [3.05, 3.63) is 65.7 Å². The van der Waals surface area contributed by atoms with Crippen LogP contribution < -0.4 is 4.74 Å². The molecule has 9 nitrogen and oxygen atoms in total. The van der Waals surface area contributed by atoms with E-state index in [1.54, 1.807) is 7.11 Å². The van der Waals surface area contributed by atoms with Crippen LogP contribution in [0, 0.1) is 0 Å². The minimum absolute atomic E-state index is 0.0914. The largest absolute Gasteiger partial charge is 0.726 e. The van der Waals surface area contributed by atoms with Crippen LogP contribution in [0.3, 0.4) is 0 Å². The minimum Gasteiger partial charge on any atom is -0.726 e. The molecule has 1 atom stereocenters. The molecule has 3 rings (SSSR count). The Bertz CT molecular complexity index is 1080. The summed E-state index contributed by atoms with van der Waals surface area (Å²) in [6.07, 6.45) is 0.860. The highest BCUT2D eigenvalue weighted by Crippen LogP contribution is 2.41. The number of likely N-dealkylation sites (N-methyl/N-ethyl adjacent to an activating group) is 1. The van der Waals surface area contributed by atoms with Gasteiger partial charge in [0.25, 0.3) is 10.1 Å². The fraction of sp³-hybridized carbons (Fsp3) is 0.455. The minimum atomic E-state index is -4.42. The summed E-state index contributed by atoms with van der Waals surface area (Å²) in [5, 5.41) is 0. The maximum absolute atomic E-state index is 11.5. The fourth-order valence-electron chi connectivity index (χ4n) is 4.11. The lowest BCUT2D eigenvalue weighted by atomic mass is 9.89. The zero-order valence-electron chi connectivity index (χ0n) is 19.2. The maximum Gasteiger partial charge on any atom is 0.265 e. The molecule has 1 unspecified atom stereocenters. The Morgan fingerprint density at radius 1 is 0.970 bits per heavy atom. The van der Waals surface area contributed by atoms with Gasteiger partial charge in [0, 0.05) is 11.1 Å². The van der Waals surface area contributed by atoms with Gasteiger partial charge in [-0.3, -0.25) is 8.37 Å². The topological polar surface area (TPSA) is 119 Å². The molecule has 2 aromatic carbocycles. The number of likely N-dealkylation sites (tertiary alicyclic amines) is 1. The van der Waals surface area contributed by atoms with Gasteiger partial charge in [-0.1, -0.05) is 30.3 Å².